The van der Waals surface area contributed by atoms with Crippen LogP contribution in [0.2, 0.25) is 0 Å². The highest BCUT2D eigenvalue weighted by molar-refractivity contribution is 9.10. The van der Waals surface area contributed by atoms with Crippen LogP contribution in [0.25, 0.3) is 0 Å². The molecule has 1 aromatic carbocycles. The minimum atomic E-state index is 0.248. The number of halogens is 1. The van der Waals surface area contributed by atoms with Gasteiger partial charge in [0.05, 0.1) is 4.47 Å². The van der Waals surface area contributed by atoms with Gasteiger partial charge in [0.1, 0.15) is 5.75 Å². The fourth-order valence-electron chi connectivity index (χ4n) is 2.14. The molecule has 0 aliphatic carbocycles. The summed E-state index contributed by atoms with van der Waals surface area (Å²) in [6.07, 6.45) is 3.95. The van der Waals surface area contributed by atoms with Crippen LogP contribution in [0.4, 0.5) is 0 Å². The number of nitrogens with zero attached hydrogens (tertiary/aromatic N) is 1. The third-order valence-electron chi connectivity index (χ3n) is 3.06. The smallest absolute Gasteiger partial charge is 0.152 e. The molecular weight excluding hydrogens is 266 g/mol. The SMILES string of the molecule is CCN1CCCCC1Oc1ccccc1Br. The number of benzene rings is 1. The second-order valence-electron chi connectivity index (χ2n) is 4.13. The van der Waals surface area contributed by atoms with Crippen molar-refractivity contribution in [2.24, 2.45) is 0 Å². The van der Waals surface area contributed by atoms with Gasteiger partial charge in [0.25, 0.3) is 0 Å². The highest BCUT2D eigenvalue weighted by Crippen LogP contribution is 2.27. The maximum Gasteiger partial charge on any atom is 0.152 e. The Morgan fingerprint density at radius 3 is 2.94 bits per heavy atom. The van der Waals surface area contributed by atoms with Gasteiger partial charge in [-0.2, -0.15) is 0 Å². The molecule has 2 nitrogen and oxygen atoms in total. The van der Waals surface area contributed by atoms with Gasteiger partial charge >= 0.3 is 0 Å². The Morgan fingerprint density at radius 2 is 2.19 bits per heavy atom. The van der Waals surface area contributed by atoms with Crippen molar-refractivity contribution in [3.63, 3.8) is 0 Å². The first-order valence-electron chi connectivity index (χ1n) is 5.96. The van der Waals surface area contributed by atoms with Gasteiger partial charge in [-0.3, -0.25) is 4.90 Å². The first-order valence-corrected chi connectivity index (χ1v) is 6.76. The average Bonchev–Trinajstić information content (AvgIpc) is 2.33. The summed E-state index contributed by atoms with van der Waals surface area (Å²) in [6, 6.07) is 8.07. The topological polar surface area (TPSA) is 12.5 Å². The zero-order chi connectivity index (χ0) is 11.4. The Hall–Kier alpha value is -0.540. The number of rotatable bonds is 3. The predicted molar refractivity (Wildman–Crippen MR) is 69.7 cm³/mol. The van der Waals surface area contributed by atoms with Crippen molar-refractivity contribution in [2.75, 3.05) is 13.1 Å². The van der Waals surface area contributed by atoms with Crippen LogP contribution < -0.4 is 4.74 Å². The van der Waals surface area contributed by atoms with E-state index < -0.39 is 0 Å². The van der Waals surface area contributed by atoms with E-state index in [0.29, 0.717) is 0 Å². The molecule has 1 unspecified atom stereocenters. The molecule has 1 heterocycles. The van der Waals surface area contributed by atoms with Crippen molar-refractivity contribution in [1.82, 2.24) is 4.90 Å². The van der Waals surface area contributed by atoms with Crippen molar-refractivity contribution in [2.45, 2.75) is 32.4 Å². The van der Waals surface area contributed by atoms with Crippen molar-refractivity contribution in [1.29, 1.82) is 0 Å². The molecule has 0 N–H and O–H groups in total. The van der Waals surface area contributed by atoms with Gasteiger partial charge in [0.15, 0.2) is 6.23 Å². The van der Waals surface area contributed by atoms with Crippen LogP contribution in [-0.2, 0) is 0 Å². The standard InChI is InChI=1S/C13H18BrNO/c1-2-15-10-6-5-9-13(15)16-12-8-4-3-7-11(12)14/h3-4,7-8,13H,2,5-6,9-10H2,1H3. The summed E-state index contributed by atoms with van der Waals surface area (Å²) in [4.78, 5) is 2.41. The zero-order valence-corrected chi connectivity index (χ0v) is 11.2. The molecular formula is C13H18BrNO. The Morgan fingerprint density at radius 1 is 1.38 bits per heavy atom. The van der Waals surface area contributed by atoms with Crippen LogP contribution in [0, 0.1) is 0 Å². The number of hydrogen-bond acceptors (Lipinski definition) is 2. The number of para-hydroxylation sites is 1. The second-order valence-corrected chi connectivity index (χ2v) is 4.98. The van der Waals surface area contributed by atoms with E-state index in [9.17, 15) is 0 Å². The van der Waals surface area contributed by atoms with E-state index in [1.54, 1.807) is 0 Å². The number of hydrogen-bond donors (Lipinski definition) is 0. The lowest BCUT2D eigenvalue weighted by atomic mass is 10.1. The lowest BCUT2D eigenvalue weighted by Crippen LogP contribution is -2.42. The minimum absolute atomic E-state index is 0.248. The Bertz CT molecular complexity index is 342. The van der Waals surface area contributed by atoms with Crippen LogP contribution >= 0.6 is 15.9 Å². The molecule has 0 spiro atoms. The summed E-state index contributed by atoms with van der Waals surface area (Å²) < 4.78 is 7.11. The van der Waals surface area contributed by atoms with Crippen molar-refractivity contribution < 1.29 is 4.74 Å². The van der Waals surface area contributed by atoms with Crippen molar-refractivity contribution in [3.05, 3.63) is 28.7 Å². The molecule has 1 aliphatic rings. The molecule has 1 fully saturated rings. The van der Waals surface area contributed by atoms with E-state index in [-0.39, 0.29) is 6.23 Å². The summed E-state index contributed by atoms with van der Waals surface area (Å²) in [5.74, 6) is 0.952. The Balaban J connectivity index is 2.05. The normalized spacial score (nSPS) is 22.0. The molecule has 0 saturated carbocycles. The maximum absolute atomic E-state index is 6.07. The fourth-order valence-corrected chi connectivity index (χ4v) is 2.52. The van der Waals surface area contributed by atoms with Gasteiger partial charge in [-0.05, 0) is 53.9 Å². The molecule has 88 valence electrons. The summed E-state index contributed by atoms with van der Waals surface area (Å²) in [6.45, 7) is 4.42. The van der Waals surface area contributed by atoms with Gasteiger partial charge in [0.2, 0.25) is 0 Å². The number of ether oxygens (including phenoxy) is 1. The van der Waals surface area contributed by atoms with Gasteiger partial charge in [-0.15, -0.1) is 0 Å². The predicted octanol–water partition coefficient (Wildman–Crippen LogP) is 3.66. The summed E-state index contributed by atoms with van der Waals surface area (Å²) in [5, 5.41) is 0. The largest absolute Gasteiger partial charge is 0.474 e. The molecule has 0 aromatic heterocycles. The van der Waals surface area contributed by atoms with Gasteiger partial charge in [-0.25, -0.2) is 0 Å². The highest BCUT2D eigenvalue weighted by Gasteiger charge is 2.22. The highest BCUT2D eigenvalue weighted by atomic mass is 79.9. The summed E-state index contributed by atoms with van der Waals surface area (Å²) in [5.41, 5.74) is 0. The van der Waals surface area contributed by atoms with Gasteiger partial charge < -0.3 is 4.74 Å². The minimum Gasteiger partial charge on any atom is -0.474 e. The average molecular weight is 284 g/mol. The Labute approximate surface area is 106 Å². The third-order valence-corrected chi connectivity index (χ3v) is 3.71. The van der Waals surface area contributed by atoms with Crippen LogP contribution in [-0.4, -0.2) is 24.2 Å². The van der Waals surface area contributed by atoms with E-state index >= 15 is 0 Å². The van der Waals surface area contributed by atoms with Crippen LogP contribution in [0.5, 0.6) is 5.75 Å². The zero-order valence-electron chi connectivity index (χ0n) is 9.66. The molecule has 1 aliphatic heterocycles. The molecule has 2 rings (SSSR count). The summed E-state index contributed by atoms with van der Waals surface area (Å²) >= 11 is 3.52. The molecule has 1 atom stereocenters. The first kappa shape index (κ1) is 11.9. The number of likely N-dealkylation sites (tertiary alicyclic amines) is 1. The van der Waals surface area contributed by atoms with E-state index in [0.717, 1.165) is 29.7 Å². The lowest BCUT2D eigenvalue weighted by molar-refractivity contribution is -0.000568. The molecule has 0 bridgehead atoms. The van der Waals surface area contributed by atoms with Crippen molar-refractivity contribution >= 4 is 15.9 Å². The quantitative estimate of drug-likeness (QED) is 0.840. The number of piperidine rings is 1. The molecule has 16 heavy (non-hydrogen) atoms. The van der Waals surface area contributed by atoms with E-state index in [2.05, 4.69) is 27.8 Å². The van der Waals surface area contributed by atoms with Crippen LogP contribution in [0.1, 0.15) is 26.2 Å². The fraction of sp³-hybridized carbons (Fsp3) is 0.538. The molecule has 0 amide bonds. The Kier molecular flexibility index (Phi) is 4.24. The van der Waals surface area contributed by atoms with Gasteiger partial charge in [-0.1, -0.05) is 19.1 Å². The van der Waals surface area contributed by atoms with Crippen LogP contribution in [0.15, 0.2) is 28.7 Å². The third kappa shape index (κ3) is 2.77. The molecule has 0 radical (unpaired) electrons. The monoisotopic (exact) mass is 283 g/mol. The lowest BCUT2D eigenvalue weighted by Gasteiger charge is -2.34. The summed E-state index contributed by atoms with van der Waals surface area (Å²) in [7, 11) is 0. The van der Waals surface area contributed by atoms with E-state index in [4.69, 9.17) is 4.74 Å². The van der Waals surface area contributed by atoms with Gasteiger partial charge in [0, 0.05) is 6.54 Å². The van der Waals surface area contributed by atoms with Crippen molar-refractivity contribution in [3.8, 4) is 5.75 Å². The van der Waals surface area contributed by atoms with E-state index in [1.165, 1.54) is 12.8 Å². The maximum atomic E-state index is 6.07. The molecule has 1 saturated heterocycles. The molecule has 3 heteroatoms. The second kappa shape index (κ2) is 5.69. The van der Waals surface area contributed by atoms with Crippen LogP contribution in [0.3, 0.4) is 0 Å². The first-order chi connectivity index (χ1) is 7.81. The van der Waals surface area contributed by atoms with E-state index in [1.807, 2.05) is 24.3 Å². The molecule has 1 aromatic rings.